The standard InChI is InChI=1S/C22H14F3N5O4/c23-11-3-15(25)19(26-5-11)12-4-17-21(30-9-27-28-20(12)30)29(22(31)32)6-13-14(24)1-2-16-18(13)10(7-33-16)8-34-17/h1-5,9-10H,6-8H2,(H,31,32)/t10-/m0/s1. The number of halogens is 3. The first-order valence-corrected chi connectivity index (χ1v) is 10.2. The summed E-state index contributed by atoms with van der Waals surface area (Å²) >= 11 is 0. The number of amides is 1. The summed E-state index contributed by atoms with van der Waals surface area (Å²) < 4.78 is 55.9. The summed E-state index contributed by atoms with van der Waals surface area (Å²) in [4.78, 5) is 17.1. The van der Waals surface area contributed by atoms with Crippen LogP contribution in [-0.4, -0.2) is 44.0 Å². The Bertz CT molecular complexity index is 1490. The number of anilines is 1. The summed E-state index contributed by atoms with van der Waals surface area (Å²) in [5.41, 5.74) is 0.687. The van der Waals surface area contributed by atoms with Crippen molar-refractivity contribution >= 4 is 17.6 Å². The maximum absolute atomic E-state index is 14.9. The molecule has 0 radical (unpaired) electrons. The smallest absolute Gasteiger partial charge is 0.413 e. The second kappa shape index (κ2) is 7.33. The van der Waals surface area contributed by atoms with Crippen molar-refractivity contribution in [3.05, 3.63) is 65.4 Å². The molecule has 0 fully saturated rings. The fraction of sp³-hybridized carbons (Fsp3) is 0.182. The summed E-state index contributed by atoms with van der Waals surface area (Å²) in [6, 6.07) is 4.79. The summed E-state index contributed by atoms with van der Waals surface area (Å²) in [5.74, 6) is -2.19. The van der Waals surface area contributed by atoms with Crippen LogP contribution in [0.25, 0.3) is 16.9 Å². The molecule has 3 aromatic heterocycles. The zero-order chi connectivity index (χ0) is 23.6. The van der Waals surface area contributed by atoms with Gasteiger partial charge in [-0.15, -0.1) is 10.2 Å². The highest BCUT2D eigenvalue weighted by Crippen LogP contribution is 2.43. The van der Waals surface area contributed by atoms with Crippen molar-refractivity contribution in [2.45, 2.75) is 12.5 Å². The van der Waals surface area contributed by atoms with E-state index in [-0.39, 0.29) is 59.7 Å². The van der Waals surface area contributed by atoms with Gasteiger partial charge in [0.15, 0.2) is 23.0 Å². The van der Waals surface area contributed by atoms with Gasteiger partial charge in [0.2, 0.25) is 0 Å². The first kappa shape index (κ1) is 20.3. The Morgan fingerprint density at radius 3 is 2.65 bits per heavy atom. The second-order valence-corrected chi connectivity index (χ2v) is 7.88. The zero-order valence-electron chi connectivity index (χ0n) is 17.2. The Balaban J connectivity index is 1.61. The normalized spacial score (nSPS) is 16.7. The van der Waals surface area contributed by atoms with Crippen molar-refractivity contribution in [2.75, 3.05) is 18.1 Å². The molecule has 34 heavy (non-hydrogen) atoms. The molecular weight excluding hydrogens is 455 g/mol. The summed E-state index contributed by atoms with van der Waals surface area (Å²) in [7, 11) is 0. The molecule has 172 valence electrons. The van der Waals surface area contributed by atoms with Gasteiger partial charge < -0.3 is 14.6 Å². The quantitative estimate of drug-likeness (QED) is 0.453. The van der Waals surface area contributed by atoms with Gasteiger partial charge >= 0.3 is 6.09 Å². The Morgan fingerprint density at radius 2 is 1.88 bits per heavy atom. The number of ether oxygens (including phenoxy) is 2. The summed E-state index contributed by atoms with van der Waals surface area (Å²) in [6.45, 7) is -0.0727. The summed E-state index contributed by atoms with van der Waals surface area (Å²) in [6.07, 6.45) is 0.707. The van der Waals surface area contributed by atoms with E-state index >= 15 is 0 Å². The van der Waals surface area contributed by atoms with Crippen LogP contribution >= 0.6 is 0 Å². The molecule has 6 rings (SSSR count). The molecule has 0 aliphatic carbocycles. The van der Waals surface area contributed by atoms with Crippen LogP contribution in [0.4, 0.5) is 23.8 Å². The fourth-order valence-electron chi connectivity index (χ4n) is 4.45. The van der Waals surface area contributed by atoms with Crippen LogP contribution in [0.5, 0.6) is 11.5 Å². The molecule has 5 heterocycles. The minimum absolute atomic E-state index is 0.0108. The predicted molar refractivity (Wildman–Crippen MR) is 110 cm³/mol. The lowest BCUT2D eigenvalue weighted by atomic mass is 9.95. The maximum Gasteiger partial charge on any atom is 0.413 e. The third-order valence-corrected chi connectivity index (χ3v) is 5.93. The minimum Gasteiger partial charge on any atom is -0.493 e. The van der Waals surface area contributed by atoms with Gasteiger partial charge in [-0.2, -0.15) is 0 Å². The number of hydrogen-bond donors (Lipinski definition) is 1. The van der Waals surface area contributed by atoms with Gasteiger partial charge in [-0.25, -0.2) is 22.9 Å². The van der Waals surface area contributed by atoms with Crippen LogP contribution in [0.15, 0.2) is 36.8 Å². The lowest BCUT2D eigenvalue weighted by molar-refractivity contribution is 0.200. The molecule has 12 heteroatoms. The molecule has 9 nitrogen and oxygen atoms in total. The van der Waals surface area contributed by atoms with Gasteiger partial charge in [-0.05, 0) is 18.2 Å². The largest absolute Gasteiger partial charge is 0.493 e. The van der Waals surface area contributed by atoms with Gasteiger partial charge in [0.25, 0.3) is 0 Å². The number of benzene rings is 1. The van der Waals surface area contributed by atoms with Crippen molar-refractivity contribution in [3.63, 3.8) is 0 Å². The lowest BCUT2D eigenvalue weighted by Gasteiger charge is -2.23. The van der Waals surface area contributed by atoms with E-state index in [4.69, 9.17) is 9.47 Å². The van der Waals surface area contributed by atoms with Crippen LogP contribution in [0.1, 0.15) is 17.0 Å². The first-order valence-electron chi connectivity index (χ1n) is 10.2. The number of carboxylic acid groups (broad SMARTS) is 1. The van der Waals surface area contributed by atoms with Crippen LogP contribution in [0, 0.1) is 17.5 Å². The van der Waals surface area contributed by atoms with Gasteiger partial charge in [-0.3, -0.25) is 9.30 Å². The predicted octanol–water partition coefficient (Wildman–Crippen LogP) is 3.76. The highest BCUT2D eigenvalue weighted by atomic mass is 19.1. The Hall–Kier alpha value is -4.35. The average Bonchev–Trinajstić information content (AvgIpc) is 3.45. The van der Waals surface area contributed by atoms with Gasteiger partial charge in [-0.1, -0.05) is 0 Å². The highest BCUT2D eigenvalue weighted by Gasteiger charge is 2.35. The molecule has 0 unspecified atom stereocenters. The number of fused-ring (bicyclic) bond motifs is 3. The minimum atomic E-state index is -1.38. The third kappa shape index (κ3) is 2.95. The van der Waals surface area contributed by atoms with E-state index in [1.165, 1.54) is 28.9 Å². The van der Waals surface area contributed by atoms with Gasteiger partial charge in [0.05, 0.1) is 37.4 Å². The highest BCUT2D eigenvalue weighted by molar-refractivity contribution is 5.90. The molecule has 0 bridgehead atoms. The number of nitrogens with zero attached hydrogens (tertiary/aromatic N) is 5. The van der Waals surface area contributed by atoms with Crippen LogP contribution < -0.4 is 14.4 Å². The first-order chi connectivity index (χ1) is 16.4. The van der Waals surface area contributed by atoms with Crippen molar-refractivity contribution in [1.29, 1.82) is 0 Å². The third-order valence-electron chi connectivity index (χ3n) is 5.93. The molecule has 1 amide bonds. The Labute approximate surface area is 189 Å². The van der Waals surface area contributed by atoms with Crippen LogP contribution in [0.3, 0.4) is 0 Å². The number of carbonyl (C=O) groups is 1. The molecule has 0 saturated heterocycles. The molecule has 1 N–H and O–H groups in total. The fourth-order valence-corrected chi connectivity index (χ4v) is 4.45. The molecule has 2 aliphatic rings. The molecule has 2 aliphatic heterocycles. The van der Waals surface area contributed by atoms with Crippen molar-refractivity contribution in [3.8, 4) is 22.8 Å². The van der Waals surface area contributed by atoms with E-state index in [0.717, 1.165) is 11.1 Å². The van der Waals surface area contributed by atoms with Crippen LogP contribution in [-0.2, 0) is 6.54 Å². The molecular formula is C22H14F3N5O4. The zero-order valence-corrected chi connectivity index (χ0v) is 17.2. The monoisotopic (exact) mass is 469 g/mol. The molecule has 1 atom stereocenters. The van der Waals surface area contributed by atoms with Crippen molar-refractivity contribution in [1.82, 2.24) is 19.6 Å². The molecule has 0 saturated carbocycles. The average molecular weight is 469 g/mol. The van der Waals surface area contributed by atoms with E-state index < -0.39 is 23.5 Å². The van der Waals surface area contributed by atoms with E-state index in [2.05, 4.69) is 15.2 Å². The van der Waals surface area contributed by atoms with E-state index in [9.17, 15) is 23.1 Å². The topological polar surface area (TPSA) is 102 Å². The summed E-state index contributed by atoms with van der Waals surface area (Å²) in [5, 5.41) is 17.9. The van der Waals surface area contributed by atoms with E-state index in [1.54, 1.807) is 0 Å². The van der Waals surface area contributed by atoms with Crippen LogP contribution in [0.2, 0.25) is 0 Å². The van der Waals surface area contributed by atoms with E-state index in [1.807, 2.05) is 0 Å². The SMILES string of the molecule is O=C(O)N1Cc2c(F)ccc3c2[C@@H](CO3)COc2cc(-c3ncc(F)cc3F)c3nncn3c21. The molecule has 4 aromatic rings. The Kier molecular flexibility index (Phi) is 4.37. The number of hydrogen-bond acceptors (Lipinski definition) is 6. The number of pyridine rings is 2. The molecule has 1 aromatic carbocycles. The second-order valence-electron chi connectivity index (χ2n) is 7.88. The number of aromatic nitrogens is 4. The van der Waals surface area contributed by atoms with Gasteiger partial charge in [0.1, 0.15) is 29.4 Å². The maximum atomic E-state index is 14.9. The van der Waals surface area contributed by atoms with Crippen molar-refractivity contribution < 1.29 is 32.5 Å². The molecule has 0 spiro atoms. The Morgan fingerprint density at radius 1 is 1.09 bits per heavy atom. The lowest BCUT2D eigenvalue weighted by Crippen LogP contribution is -2.31. The van der Waals surface area contributed by atoms with Crippen molar-refractivity contribution in [2.24, 2.45) is 0 Å². The number of rotatable bonds is 1. The van der Waals surface area contributed by atoms with E-state index in [0.29, 0.717) is 17.4 Å². The van der Waals surface area contributed by atoms with Gasteiger partial charge in [0, 0.05) is 17.2 Å².